The molecule has 11 heteroatoms. The van der Waals surface area contributed by atoms with Crippen LogP contribution in [0.3, 0.4) is 0 Å². The first-order chi connectivity index (χ1) is 11.8. The van der Waals surface area contributed by atoms with Gasteiger partial charge in [-0.25, -0.2) is 0 Å². The molecule has 0 aliphatic heterocycles. The van der Waals surface area contributed by atoms with E-state index in [-0.39, 0.29) is 20.3 Å². The summed E-state index contributed by atoms with van der Waals surface area (Å²) in [4.78, 5) is 0.781. The van der Waals surface area contributed by atoms with E-state index in [1.54, 1.807) is 0 Å². The van der Waals surface area contributed by atoms with Gasteiger partial charge in [0, 0.05) is 20.3 Å². The Kier molecular flexibility index (Phi) is 5.62. The lowest BCUT2D eigenvalue weighted by Gasteiger charge is -2.25. The average Bonchev–Trinajstić information content (AvgIpc) is 2.48. The number of anilines is 2. The fraction of sp³-hybridized carbons (Fsp3) is 0.133. The second-order valence-electron chi connectivity index (χ2n) is 5.04. The number of halogens is 8. The van der Waals surface area contributed by atoms with Gasteiger partial charge in [0.15, 0.2) is 5.96 Å². The van der Waals surface area contributed by atoms with E-state index in [0.717, 1.165) is 17.0 Å². The molecule has 2 aromatic rings. The molecule has 0 radical (unpaired) electrons. The molecule has 0 amide bonds. The van der Waals surface area contributed by atoms with Crippen molar-refractivity contribution in [2.24, 2.45) is 5.73 Å². The van der Waals surface area contributed by atoms with Crippen LogP contribution < -0.4 is 10.6 Å². The van der Waals surface area contributed by atoms with Gasteiger partial charge in [-0.15, -0.1) is 0 Å². The summed E-state index contributed by atoms with van der Waals surface area (Å²) in [5, 5.41) is 7.60. The number of hydrogen-bond acceptors (Lipinski definition) is 1. The van der Waals surface area contributed by atoms with Crippen LogP contribution in [0.2, 0.25) is 0 Å². The molecule has 0 atom stereocenters. The van der Waals surface area contributed by atoms with E-state index in [0.29, 0.717) is 12.1 Å². The molecule has 2 rings (SSSR count). The van der Waals surface area contributed by atoms with E-state index < -0.39 is 29.4 Å². The molecule has 0 unspecified atom stereocenters. The molecule has 2 aromatic carbocycles. The summed E-state index contributed by atoms with van der Waals surface area (Å²) in [5.41, 5.74) is 2.91. The zero-order valence-electron chi connectivity index (χ0n) is 12.5. The number of nitrogens with zero attached hydrogens (tertiary/aromatic N) is 1. The Bertz CT molecular complexity index is 785. The van der Waals surface area contributed by atoms with Crippen molar-refractivity contribution in [2.45, 2.75) is 12.4 Å². The minimum absolute atomic E-state index is 0.205. The Morgan fingerprint density at radius 1 is 0.808 bits per heavy atom. The Morgan fingerprint density at radius 2 is 1.15 bits per heavy atom. The molecule has 3 N–H and O–H groups in total. The van der Waals surface area contributed by atoms with Crippen LogP contribution in [-0.4, -0.2) is 5.96 Å². The fourth-order valence-electron chi connectivity index (χ4n) is 2.17. The van der Waals surface area contributed by atoms with Crippen molar-refractivity contribution in [2.75, 3.05) is 4.90 Å². The molecule has 0 fully saturated rings. The Labute approximate surface area is 160 Å². The number of alkyl halides is 6. The summed E-state index contributed by atoms with van der Waals surface area (Å²) in [6.07, 6.45) is -9.40. The van der Waals surface area contributed by atoms with Crippen LogP contribution in [0, 0.1) is 5.41 Å². The van der Waals surface area contributed by atoms with E-state index >= 15 is 0 Å². The summed E-state index contributed by atoms with van der Waals surface area (Å²) >= 11 is 5.55. The van der Waals surface area contributed by atoms with Crippen molar-refractivity contribution in [3.63, 3.8) is 0 Å². The topological polar surface area (TPSA) is 53.1 Å². The molecule has 0 heterocycles. The van der Waals surface area contributed by atoms with Crippen LogP contribution in [0.4, 0.5) is 37.7 Å². The van der Waals surface area contributed by atoms with E-state index in [1.165, 1.54) is 12.1 Å². The van der Waals surface area contributed by atoms with E-state index in [1.807, 2.05) is 0 Å². The van der Waals surface area contributed by atoms with Crippen LogP contribution in [0.15, 0.2) is 45.3 Å². The number of nitrogens with two attached hydrogens (primary N) is 1. The summed E-state index contributed by atoms with van der Waals surface area (Å²) in [6, 6.07) is 5.96. The van der Waals surface area contributed by atoms with Gasteiger partial charge in [-0.2, -0.15) is 26.3 Å². The zero-order valence-corrected chi connectivity index (χ0v) is 15.7. The number of benzene rings is 2. The third kappa shape index (κ3) is 4.32. The number of hydrogen-bond donors (Lipinski definition) is 2. The van der Waals surface area contributed by atoms with Gasteiger partial charge >= 0.3 is 12.4 Å². The molecule has 0 aliphatic rings. The van der Waals surface area contributed by atoms with Crippen molar-refractivity contribution in [3.05, 3.63) is 56.5 Å². The molecule has 0 aliphatic carbocycles. The molecule has 140 valence electrons. The molecule has 0 saturated carbocycles. The predicted molar refractivity (Wildman–Crippen MR) is 92.3 cm³/mol. The van der Waals surface area contributed by atoms with Gasteiger partial charge < -0.3 is 5.73 Å². The molecule has 0 aromatic heterocycles. The van der Waals surface area contributed by atoms with Crippen molar-refractivity contribution < 1.29 is 26.3 Å². The number of nitrogens with one attached hydrogen (secondary N) is 1. The van der Waals surface area contributed by atoms with E-state index in [2.05, 4.69) is 31.9 Å². The van der Waals surface area contributed by atoms with Gasteiger partial charge in [-0.3, -0.25) is 10.3 Å². The largest absolute Gasteiger partial charge is 0.417 e. The lowest BCUT2D eigenvalue weighted by atomic mass is 10.1. The van der Waals surface area contributed by atoms with Gasteiger partial charge in [0.2, 0.25) is 0 Å². The maximum absolute atomic E-state index is 13.1. The highest BCUT2D eigenvalue weighted by Gasteiger charge is 2.35. The number of rotatable bonds is 2. The Hall–Kier alpha value is -1.75. The smallest absolute Gasteiger partial charge is 0.369 e. The summed E-state index contributed by atoms with van der Waals surface area (Å²) in [5.74, 6) is -0.740. The Morgan fingerprint density at radius 3 is 1.42 bits per heavy atom. The van der Waals surface area contributed by atoms with Crippen LogP contribution >= 0.6 is 31.9 Å². The first-order valence-electron chi connectivity index (χ1n) is 6.70. The van der Waals surface area contributed by atoms with Crippen LogP contribution in [0.5, 0.6) is 0 Å². The minimum Gasteiger partial charge on any atom is -0.369 e. The summed E-state index contributed by atoms with van der Waals surface area (Å²) in [6.45, 7) is 0. The van der Waals surface area contributed by atoms with Gasteiger partial charge in [0.1, 0.15) is 0 Å². The van der Waals surface area contributed by atoms with Gasteiger partial charge in [0.25, 0.3) is 0 Å². The highest BCUT2D eigenvalue weighted by atomic mass is 79.9. The molecular formula is C15H9Br2F6N3. The molecular weight excluding hydrogens is 496 g/mol. The average molecular weight is 505 g/mol. The second kappa shape index (κ2) is 7.10. The molecule has 0 saturated heterocycles. The van der Waals surface area contributed by atoms with Gasteiger partial charge in [-0.1, -0.05) is 31.9 Å². The quantitative estimate of drug-likeness (QED) is 0.287. The monoisotopic (exact) mass is 503 g/mol. The third-order valence-corrected chi connectivity index (χ3v) is 4.65. The molecule has 3 nitrogen and oxygen atoms in total. The highest BCUT2D eigenvalue weighted by Crippen LogP contribution is 2.41. The SMILES string of the molecule is N=C(N)N(c1ccc(Br)c(C(F)(F)F)c1)c1ccc(Br)c(C(F)(F)F)c1. The third-order valence-electron chi connectivity index (χ3n) is 3.27. The van der Waals surface area contributed by atoms with Crippen LogP contribution in [-0.2, 0) is 12.4 Å². The van der Waals surface area contributed by atoms with Crippen molar-refractivity contribution in [1.29, 1.82) is 5.41 Å². The summed E-state index contributed by atoms with van der Waals surface area (Å²) in [7, 11) is 0. The molecule has 26 heavy (non-hydrogen) atoms. The van der Waals surface area contributed by atoms with Crippen molar-refractivity contribution in [3.8, 4) is 0 Å². The van der Waals surface area contributed by atoms with Crippen LogP contribution in [0.1, 0.15) is 11.1 Å². The lowest BCUT2D eigenvalue weighted by Crippen LogP contribution is -2.32. The van der Waals surface area contributed by atoms with E-state index in [9.17, 15) is 26.3 Å². The maximum atomic E-state index is 13.1. The fourth-order valence-corrected chi connectivity index (χ4v) is 3.11. The van der Waals surface area contributed by atoms with Gasteiger partial charge in [-0.05, 0) is 36.4 Å². The normalized spacial score (nSPS) is 12.2. The second-order valence-corrected chi connectivity index (χ2v) is 6.75. The zero-order chi connectivity index (χ0) is 19.9. The van der Waals surface area contributed by atoms with Crippen molar-refractivity contribution >= 4 is 49.2 Å². The lowest BCUT2D eigenvalue weighted by molar-refractivity contribution is -0.138. The first kappa shape index (κ1) is 20.6. The highest BCUT2D eigenvalue weighted by molar-refractivity contribution is 9.10. The van der Waals surface area contributed by atoms with Crippen LogP contribution in [0.25, 0.3) is 0 Å². The van der Waals surface area contributed by atoms with Crippen molar-refractivity contribution in [1.82, 2.24) is 0 Å². The Balaban J connectivity index is 2.64. The maximum Gasteiger partial charge on any atom is 0.417 e. The van der Waals surface area contributed by atoms with Gasteiger partial charge in [0.05, 0.1) is 11.1 Å². The molecule has 0 spiro atoms. The first-order valence-corrected chi connectivity index (χ1v) is 8.28. The number of guanidine groups is 1. The minimum atomic E-state index is -4.70. The molecule has 0 bridgehead atoms. The summed E-state index contributed by atoms with van der Waals surface area (Å²) < 4.78 is 78.0. The predicted octanol–water partition coefficient (Wildman–Crippen LogP) is 6.28. The standard InChI is InChI=1S/C15H9Br2F6N3/c16-11-3-1-7(5-9(11)14(18,19)20)26(13(24)25)8-2-4-12(17)10(6-8)15(21,22)23/h1-6H,(H3,24,25). The van der Waals surface area contributed by atoms with E-state index in [4.69, 9.17) is 11.1 Å².